The van der Waals surface area contributed by atoms with E-state index in [2.05, 4.69) is 10.6 Å². The summed E-state index contributed by atoms with van der Waals surface area (Å²) in [5.41, 5.74) is -0.578. The molecule has 6 nitrogen and oxygen atoms in total. The van der Waals surface area contributed by atoms with E-state index in [4.69, 9.17) is 0 Å². The summed E-state index contributed by atoms with van der Waals surface area (Å²) in [7, 11) is 0. The van der Waals surface area contributed by atoms with Crippen molar-refractivity contribution in [2.45, 2.75) is 38.8 Å². The van der Waals surface area contributed by atoms with Crippen molar-refractivity contribution in [1.82, 2.24) is 15.5 Å². The second-order valence-electron chi connectivity index (χ2n) is 8.24. The van der Waals surface area contributed by atoms with Crippen LogP contribution in [0.4, 0.5) is 13.6 Å². The fraction of sp³-hybridized carbons (Fsp3) is 0.348. The van der Waals surface area contributed by atoms with Crippen LogP contribution in [0.2, 0.25) is 0 Å². The maximum Gasteiger partial charge on any atom is 0.325 e. The Bertz CT molecular complexity index is 997. The van der Waals surface area contributed by atoms with Crippen LogP contribution < -0.4 is 10.6 Å². The molecule has 2 atom stereocenters. The summed E-state index contributed by atoms with van der Waals surface area (Å²) >= 11 is 0. The molecule has 2 aromatic carbocycles. The summed E-state index contributed by atoms with van der Waals surface area (Å²) in [6.45, 7) is 4.98. The molecule has 1 saturated heterocycles. The molecule has 2 N–H and O–H groups in total. The van der Waals surface area contributed by atoms with Crippen LogP contribution >= 0.6 is 0 Å². The van der Waals surface area contributed by atoms with Crippen molar-refractivity contribution in [2.24, 2.45) is 5.92 Å². The molecule has 1 heterocycles. The molecule has 0 bridgehead atoms. The lowest BCUT2D eigenvalue weighted by atomic mass is 9.92. The molecular weight excluding hydrogens is 404 g/mol. The highest BCUT2D eigenvalue weighted by Crippen LogP contribution is 2.30. The number of rotatable bonds is 7. The fourth-order valence-electron chi connectivity index (χ4n) is 3.66. The first-order valence-corrected chi connectivity index (χ1v) is 10.1. The summed E-state index contributed by atoms with van der Waals surface area (Å²) in [4.78, 5) is 38.9. The standard InChI is InChI=1S/C23H25F2N3O3/c1-14(2)11-19(15-7-5-4-6-8-15)26-20(29)13-28-21(30)23(3,27-22(28)31)16-9-10-17(24)18(25)12-16/h4-10,12,14,19H,11,13H2,1-3H3,(H,26,29)(H,27,31). The van der Waals surface area contributed by atoms with Gasteiger partial charge < -0.3 is 10.6 Å². The molecule has 164 valence electrons. The van der Waals surface area contributed by atoms with E-state index in [0.717, 1.165) is 22.6 Å². The van der Waals surface area contributed by atoms with Gasteiger partial charge in [0.2, 0.25) is 5.91 Å². The Kier molecular flexibility index (Phi) is 6.38. The van der Waals surface area contributed by atoms with Gasteiger partial charge >= 0.3 is 6.03 Å². The van der Waals surface area contributed by atoms with Gasteiger partial charge in [-0.3, -0.25) is 14.5 Å². The Morgan fingerprint density at radius 2 is 1.77 bits per heavy atom. The highest BCUT2D eigenvalue weighted by Gasteiger charge is 2.49. The van der Waals surface area contributed by atoms with Crippen molar-refractivity contribution in [3.63, 3.8) is 0 Å². The number of amides is 4. The van der Waals surface area contributed by atoms with E-state index < -0.39 is 41.6 Å². The molecular formula is C23H25F2N3O3. The van der Waals surface area contributed by atoms with Crippen LogP contribution in [-0.2, 0) is 15.1 Å². The van der Waals surface area contributed by atoms with Gasteiger partial charge in [0.1, 0.15) is 12.1 Å². The van der Waals surface area contributed by atoms with Crippen LogP contribution in [0.15, 0.2) is 48.5 Å². The van der Waals surface area contributed by atoms with Gasteiger partial charge in [-0.1, -0.05) is 50.2 Å². The van der Waals surface area contributed by atoms with Crippen molar-refractivity contribution in [2.75, 3.05) is 6.54 Å². The summed E-state index contributed by atoms with van der Waals surface area (Å²) < 4.78 is 26.9. The third-order valence-electron chi connectivity index (χ3n) is 5.32. The molecule has 31 heavy (non-hydrogen) atoms. The summed E-state index contributed by atoms with van der Waals surface area (Å²) in [6, 6.07) is 11.4. The van der Waals surface area contributed by atoms with Gasteiger partial charge in [0.05, 0.1) is 6.04 Å². The van der Waals surface area contributed by atoms with Gasteiger partial charge in [-0.2, -0.15) is 0 Å². The Hall–Kier alpha value is -3.29. The molecule has 8 heteroatoms. The minimum atomic E-state index is -1.59. The van der Waals surface area contributed by atoms with E-state index in [-0.39, 0.29) is 11.6 Å². The minimum Gasteiger partial charge on any atom is -0.348 e. The first kappa shape index (κ1) is 22.4. The normalized spacial score (nSPS) is 19.5. The molecule has 1 aliphatic heterocycles. The van der Waals surface area contributed by atoms with Gasteiger partial charge in [0.15, 0.2) is 11.6 Å². The SMILES string of the molecule is CC(C)CC(NC(=O)CN1C(=O)NC(C)(c2ccc(F)c(F)c2)C1=O)c1ccccc1. The number of imide groups is 1. The number of halogens is 2. The zero-order chi connectivity index (χ0) is 22.8. The molecule has 2 aromatic rings. The molecule has 2 unspecified atom stereocenters. The van der Waals surface area contributed by atoms with Gasteiger partial charge in [0, 0.05) is 0 Å². The molecule has 4 amide bonds. The molecule has 1 fully saturated rings. The van der Waals surface area contributed by atoms with Crippen molar-refractivity contribution in [3.8, 4) is 0 Å². The molecule has 1 aliphatic rings. The topological polar surface area (TPSA) is 78.5 Å². The van der Waals surface area contributed by atoms with Gasteiger partial charge in [-0.15, -0.1) is 0 Å². The third-order valence-corrected chi connectivity index (χ3v) is 5.32. The highest BCUT2D eigenvalue weighted by molar-refractivity contribution is 6.09. The monoisotopic (exact) mass is 429 g/mol. The number of nitrogens with zero attached hydrogens (tertiary/aromatic N) is 1. The van der Waals surface area contributed by atoms with Crippen LogP contribution in [-0.4, -0.2) is 29.3 Å². The van der Waals surface area contributed by atoms with Crippen molar-refractivity contribution in [1.29, 1.82) is 0 Å². The third kappa shape index (κ3) is 4.73. The minimum absolute atomic E-state index is 0.0922. The maximum atomic E-state index is 13.7. The van der Waals surface area contributed by atoms with E-state index in [1.165, 1.54) is 13.0 Å². The number of benzene rings is 2. The molecule has 0 saturated carbocycles. The second kappa shape index (κ2) is 8.83. The van der Waals surface area contributed by atoms with Crippen molar-refractivity contribution in [3.05, 3.63) is 71.3 Å². The summed E-state index contributed by atoms with van der Waals surface area (Å²) in [6.07, 6.45) is 0.683. The van der Waals surface area contributed by atoms with E-state index in [1.54, 1.807) is 0 Å². The zero-order valence-electron chi connectivity index (χ0n) is 17.6. The molecule has 0 aliphatic carbocycles. The number of hydrogen-bond acceptors (Lipinski definition) is 3. The number of nitrogens with one attached hydrogen (secondary N) is 2. The number of hydrogen-bond donors (Lipinski definition) is 2. The lowest BCUT2D eigenvalue weighted by Gasteiger charge is -2.24. The van der Waals surface area contributed by atoms with Gasteiger partial charge in [-0.05, 0) is 42.5 Å². The number of carbonyl (C=O) groups is 3. The lowest BCUT2D eigenvalue weighted by molar-refractivity contribution is -0.135. The van der Waals surface area contributed by atoms with E-state index >= 15 is 0 Å². The van der Waals surface area contributed by atoms with E-state index in [1.807, 2.05) is 44.2 Å². The summed E-state index contributed by atoms with van der Waals surface area (Å²) in [5.74, 6) is -3.08. The predicted molar refractivity (Wildman–Crippen MR) is 111 cm³/mol. The van der Waals surface area contributed by atoms with Crippen LogP contribution in [0.5, 0.6) is 0 Å². The molecule has 0 spiro atoms. The number of carbonyl (C=O) groups excluding carboxylic acids is 3. The van der Waals surface area contributed by atoms with Crippen LogP contribution in [0.25, 0.3) is 0 Å². The average Bonchev–Trinajstić information content (AvgIpc) is 2.93. The molecule has 3 rings (SSSR count). The zero-order valence-corrected chi connectivity index (χ0v) is 17.6. The van der Waals surface area contributed by atoms with Gasteiger partial charge in [0.25, 0.3) is 5.91 Å². The fourth-order valence-corrected chi connectivity index (χ4v) is 3.66. The quantitative estimate of drug-likeness (QED) is 0.660. The van der Waals surface area contributed by atoms with Crippen LogP contribution in [0.3, 0.4) is 0 Å². The Balaban J connectivity index is 1.75. The molecule has 0 aromatic heterocycles. The maximum absolute atomic E-state index is 13.7. The molecule has 0 radical (unpaired) electrons. The predicted octanol–water partition coefficient (Wildman–Crippen LogP) is 3.64. The Labute approximate surface area is 179 Å². The first-order valence-electron chi connectivity index (χ1n) is 10.1. The largest absolute Gasteiger partial charge is 0.348 e. The van der Waals surface area contributed by atoms with Crippen molar-refractivity contribution >= 4 is 17.8 Å². The lowest BCUT2D eigenvalue weighted by Crippen LogP contribution is -2.44. The first-order chi connectivity index (χ1) is 14.6. The van der Waals surface area contributed by atoms with Crippen LogP contribution in [0, 0.1) is 17.6 Å². The van der Waals surface area contributed by atoms with Gasteiger partial charge in [-0.25, -0.2) is 13.6 Å². The van der Waals surface area contributed by atoms with Crippen molar-refractivity contribution < 1.29 is 23.2 Å². The van der Waals surface area contributed by atoms with E-state index in [0.29, 0.717) is 12.3 Å². The van der Waals surface area contributed by atoms with Crippen LogP contribution in [0.1, 0.15) is 44.4 Å². The smallest absolute Gasteiger partial charge is 0.325 e. The summed E-state index contributed by atoms with van der Waals surface area (Å²) in [5, 5.41) is 5.38. The van der Waals surface area contributed by atoms with E-state index in [9.17, 15) is 23.2 Å². The average molecular weight is 429 g/mol. The Morgan fingerprint density at radius 3 is 2.39 bits per heavy atom. The highest BCUT2D eigenvalue weighted by atomic mass is 19.2. The number of urea groups is 1. The second-order valence-corrected chi connectivity index (χ2v) is 8.24. The Morgan fingerprint density at radius 1 is 1.10 bits per heavy atom.